The molecule has 0 saturated carbocycles. The van der Waals surface area contributed by atoms with Crippen LogP contribution < -0.4 is 4.74 Å². The Labute approximate surface area is 163 Å². The van der Waals surface area contributed by atoms with Gasteiger partial charge in [0.2, 0.25) is 5.88 Å². The Kier molecular flexibility index (Phi) is 5.00. The largest absolute Gasteiger partial charge is 0.481 e. The molecule has 4 rings (SSSR count). The van der Waals surface area contributed by atoms with Crippen LogP contribution in [0, 0.1) is 0 Å². The zero-order valence-corrected chi connectivity index (χ0v) is 16.6. The number of rotatable bonds is 5. The molecule has 0 aromatic carbocycles. The molecular formula is C18H22N6O3S. The van der Waals surface area contributed by atoms with E-state index in [1.165, 1.54) is 15.0 Å². The number of hydrogen-bond acceptors (Lipinski definition) is 7. The minimum absolute atomic E-state index is 0.0794. The van der Waals surface area contributed by atoms with Gasteiger partial charge < -0.3 is 9.64 Å². The van der Waals surface area contributed by atoms with Crippen LogP contribution in [0.3, 0.4) is 0 Å². The maximum Gasteiger partial charge on any atom is 0.262 e. The van der Waals surface area contributed by atoms with Gasteiger partial charge in [0.1, 0.15) is 0 Å². The van der Waals surface area contributed by atoms with Crippen LogP contribution in [0.2, 0.25) is 0 Å². The van der Waals surface area contributed by atoms with Crippen molar-refractivity contribution in [3.63, 3.8) is 0 Å². The summed E-state index contributed by atoms with van der Waals surface area (Å²) in [5.41, 5.74) is 1.85. The van der Waals surface area contributed by atoms with E-state index in [1.54, 1.807) is 31.5 Å². The number of likely N-dealkylation sites (N-methyl/N-ethyl adjacent to an activating group) is 1. The average Bonchev–Trinajstić information content (AvgIpc) is 3.18. The number of aromatic nitrogens is 4. The van der Waals surface area contributed by atoms with Crippen molar-refractivity contribution in [3.05, 3.63) is 36.7 Å². The van der Waals surface area contributed by atoms with E-state index < -0.39 is 10.0 Å². The lowest BCUT2D eigenvalue weighted by atomic mass is 10.2. The second kappa shape index (κ2) is 7.46. The number of imidazole rings is 1. The molecule has 10 heteroatoms. The number of pyridine rings is 1. The molecule has 9 nitrogen and oxygen atoms in total. The van der Waals surface area contributed by atoms with E-state index in [-0.39, 0.29) is 5.03 Å². The molecule has 0 bridgehead atoms. The van der Waals surface area contributed by atoms with Gasteiger partial charge >= 0.3 is 0 Å². The number of methoxy groups -OCH3 is 1. The Morgan fingerprint density at radius 2 is 1.82 bits per heavy atom. The number of ether oxygens (including phenoxy) is 1. The highest BCUT2D eigenvalue weighted by Gasteiger charge is 2.31. The van der Waals surface area contributed by atoms with Crippen molar-refractivity contribution in [2.24, 2.45) is 0 Å². The minimum Gasteiger partial charge on any atom is -0.481 e. The molecule has 1 saturated heterocycles. The second-order valence-corrected chi connectivity index (χ2v) is 8.40. The Morgan fingerprint density at radius 1 is 1.04 bits per heavy atom. The highest BCUT2D eigenvalue weighted by atomic mass is 32.2. The first-order valence-electron chi connectivity index (χ1n) is 9.10. The van der Waals surface area contributed by atoms with E-state index in [2.05, 4.69) is 26.9 Å². The fraction of sp³-hybridized carbons (Fsp3) is 0.389. The van der Waals surface area contributed by atoms with Gasteiger partial charge in [0, 0.05) is 44.0 Å². The lowest BCUT2D eigenvalue weighted by Gasteiger charge is -2.32. The first kappa shape index (κ1) is 18.8. The summed E-state index contributed by atoms with van der Waals surface area (Å²) in [6.45, 7) is 5.38. The molecule has 148 valence electrons. The molecule has 3 aromatic heterocycles. The molecule has 0 aliphatic carbocycles. The van der Waals surface area contributed by atoms with E-state index in [0.717, 1.165) is 25.2 Å². The van der Waals surface area contributed by atoms with E-state index in [0.29, 0.717) is 30.3 Å². The van der Waals surface area contributed by atoms with Crippen LogP contribution in [0.25, 0.3) is 16.9 Å². The number of piperazine rings is 1. The zero-order chi connectivity index (χ0) is 19.7. The van der Waals surface area contributed by atoms with E-state index in [9.17, 15) is 8.42 Å². The third kappa shape index (κ3) is 3.34. The fourth-order valence-corrected chi connectivity index (χ4v) is 4.70. The highest BCUT2D eigenvalue weighted by molar-refractivity contribution is 7.89. The van der Waals surface area contributed by atoms with Crippen LogP contribution in [-0.2, 0) is 10.0 Å². The molecule has 0 amide bonds. The predicted octanol–water partition coefficient (Wildman–Crippen LogP) is 1.13. The van der Waals surface area contributed by atoms with Crippen LogP contribution >= 0.6 is 0 Å². The smallest absolute Gasteiger partial charge is 0.262 e. The summed E-state index contributed by atoms with van der Waals surface area (Å²) in [7, 11) is -2.13. The van der Waals surface area contributed by atoms with Crippen LogP contribution in [0.5, 0.6) is 5.88 Å². The molecule has 1 aliphatic heterocycles. The lowest BCUT2D eigenvalue weighted by Crippen LogP contribution is -2.48. The SMILES string of the molecule is CCN1CCN(S(=O)(=O)c2cnc3ccc(-c4ccc(OC)nc4)nn23)CC1. The lowest BCUT2D eigenvalue weighted by molar-refractivity contribution is 0.196. The molecule has 28 heavy (non-hydrogen) atoms. The van der Waals surface area contributed by atoms with Gasteiger partial charge in [0.25, 0.3) is 10.0 Å². The molecule has 0 atom stereocenters. The first-order valence-corrected chi connectivity index (χ1v) is 10.5. The van der Waals surface area contributed by atoms with E-state index >= 15 is 0 Å². The Balaban J connectivity index is 1.69. The van der Waals surface area contributed by atoms with E-state index in [4.69, 9.17) is 4.74 Å². The first-order chi connectivity index (χ1) is 13.5. The van der Waals surface area contributed by atoms with Gasteiger partial charge in [0.05, 0.1) is 19.0 Å². The van der Waals surface area contributed by atoms with Gasteiger partial charge in [-0.05, 0) is 24.7 Å². The van der Waals surface area contributed by atoms with Gasteiger partial charge in [-0.3, -0.25) is 0 Å². The normalized spacial score (nSPS) is 16.5. The Morgan fingerprint density at radius 3 is 2.46 bits per heavy atom. The second-order valence-electron chi connectivity index (χ2n) is 6.51. The highest BCUT2D eigenvalue weighted by Crippen LogP contribution is 2.22. The quantitative estimate of drug-likeness (QED) is 0.631. The summed E-state index contributed by atoms with van der Waals surface area (Å²) in [6, 6.07) is 7.11. The van der Waals surface area contributed by atoms with Crippen molar-refractivity contribution in [3.8, 4) is 17.1 Å². The predicted molar refractivity (Wildman–Crippen MR) is 104 cm³/mol. The molecule has 1 fully saturated rings. The molecule has 4 heterocycles. The molecule has 0 radical (unpaired) electrons. The Hall–Kier alpha value is -2.56. The summed E-state index contributed by atoms with van der Waals surface area (Å²) in [5.74, 6) is 0.502. The van der Waals surface area contributed by atoms with Gasteiger partial charge in [-0.25, -0.2) is 22.9 Å². The number of fused-ring (bicyclic) bond motifs is 1. The van der Waals surface area contributed by atoms with Crippen molar-refractivity contribution in [2.45, 2.75) is 11.9 Å². The van der Waals surface area contributed by atoms with Crippen LogP contribution in [0.4, 0.5) is 0 Å². The summed E-state index contributed by atoms with van der Waals surface area (Å²) in [5, 5.41) is 4.59. The van der Waals surface area contributed by atoms with Crippen LogP contribution in [0.1, 0.15) is 6.92 Å². The molecule has 3 aromatic rings. The van der Waals surface area contributed by atoms with Gasteiger partial charge in [0.15, 0.2) is 10.7 Å². The van der Waals surface area contributed by atoms with Gasteiger partial charge in [-0.2, -0.15) is 9.40 Å². The van der Waals surface area contributed by atoms with Crippen molar-refractivity contribution in [1.29, 1.82) is 0 Å². The molecule has 1 aliphatic rings. The Bertz CT molecular complexity index is 1070. The third-order valence-electron chi connectivity index (χ3n) is 4.95. The molecule has 0 unspecified atom stereocenters. The average molecular weight is 402 g/mol. The summed E-state index contributed by atoms with van der Waals surface area (Å²) in [4.78, 5) is 10.6. The summed E-state index contributed by atoms with van der Waals surface area (Å²) >= 11 is 0. The zero-order valence-electron chi connectivity index (χ0n) is 15.8. The van der Waals surface area contributed by atoms with Crippen LogP contribution in [-0.4, -0.2) is 77.0 Å². The molecular weight excluding hydrogens is 380 g/mol. The number of hydrogen-bond donors (Lipinski definition) is 0. The third-order valence-corrected chi connectivity index (χ3v) is 6.81. The molecule has 0 N–H and O–H groups in total. The minimum atomic E-state index is -3.68. The maximum atomic E-state index is 13.2. The van der Waals surface area contributed by atoms with Crippen molar-refractivity contribution in [1.82, 2.24) is 28.8 Å². The van der Waals surface area contributed by atoms with Crippen molar-refractivity contribution in [2.75, 3.05) is 39.8 Å². The summed E-state index contributed by atoms with van der Waals surface area (Å²) in [6.07, 6.45) is 3.02. The van der Waals surface area contributed by atoms with E-state index in [1.807, 2.05) is 6.07 Å². The fourth-order valence-electron chi connectivity index (χ4n) is 3.25. The molecule has 0 spiro atoms. The summed E-state index contributed by atoms with van der Waals surface area (Å²) < 4.78 is 34.3. The monoisotopic (exact) mass is 402 g/mol. The topological polar surface area (TPSA) is 92.9 Å². The van der Waals surface area contributed by atoms with Gasteiger partial charge in [-0.15, -0.1) is 0 Å². The van der Waals surface area contributed by atoms with Crippen molar-refractivity contribution < 1.29 is 13.2 Å². The van der Waals surface area contributed by atoms with Crippen molar-refractivity contribution >= 4 is 15.7 Å². The standard InChI is InChI=1S/C18H22N6O3S/c1-3-22-8-10-23(11-9-22)28(25,26)18-13-19-16-6-5-15(21-24(16)18)14-4-7-17(27-2)20-12-14/h4-7,12-13H,3,8-11H2,1-2H3. The van der Waals surface area contributed by atoms with Crippen LogP contribution in [0.15, 0.2) is 41.7 Å². The number of nitrogens with zero attached hydrogens (tertiary/aromatic N) is 6. The maximum absolute atomic E-state index is 13.2. The number of sulfonamides is 1. The van der Waals surface area contributed by atoms with Gasteiger partial charge in [-0.1, -0.05) is 6.92 Å².